The van der Waals surface area contributed by atoms with Gasteiger partial charge in [0.15, 0.2) is 11.5 Å². The molecule has 3 heteroatoms. The Morgan fingerprint density at radius 3 is 3.06 bits per heavy atom. The number of Topliss-reactive ketones (excluding diaryl/α,β-unsaturated/α-hetero) is 1. The quantitative estimate of drug-likeness (QED) is 0.746. The molecule has 3 nitrogen and oxygen atoms in total. The molecular formula is C14H16O3. The Balaban J connectivity index is 2.12. The molecule has 0 aromatic heterocycles. The number of hydrogen-bond donors (Lipinski definition) is 0. The number of carbonyl (C=O) groups is 1. The van der Waals surface area contributed by atoms with Crippen LogP contribution < -0.4 is 9.47 Å². The van der Waals surface area contributed by atoms with Crippen LogP contribution in [0.15, 0.2) is 18.2 Å². The van der Waals surface area contributed by atoms with E-state index in [2.05, 4.69) is 0 Å². The molecule has 2 bridgehead atoms. The summed E-state index contributed by atoms with van der Waals surface area (Å²) in [5.74, 6) is 2.20. The summed E-state index contributed by atoms with van der Waals surface area (Å²) < 4.78 is 11.4. The molecule has 1 aromatic rings. The molecule has 1 fully saturated rings. The number of ether oxygens (including phenoxy) is 2. The first kappa shape index (κ1) is 10.6. The van der Waals surface area contributed by atoms with Crippen LogP contribution in [0.5, 0.6) is 11.5 Å². The molecule has 1 saturated carbocycles. The van der Waals surface area contributed by atoms with Crippen LogP contribution in [0.4, 0.5) is 0 Å². The van der Waals surface area contributed by atoms with Crippen molar-refractivity contribution < 1.29 is 14.3 Å². The van der Waals surface area contributed by atoms with Crippen LogP contribution in [0, 0.1) is 0 Å². The number of rotatable bonds is 1. The number of carbonyl (C=O) groups excluding carboxylic acids is 1. The fourth-order valence-electron chi connectivity index (χ4n) is 3.10. The molecular weight excluding hydrogens is 216 g/mol. The highest BCUT2D eigenvalue weighted by atomic mass is 16.5. The molecule has 0 N–H and O–H groups in total. The first-order valence-corrected chi connectivity index (χ1v) is 5.99. The van der Waals surface area contributed by atoms with Crippen LogP contribution >= 0.6 is 0 Å². The average Bonchev–Trinajstić information content (AvgIpc) is 2.26. The highest BCUT2D eigenvalue weighted by Gasteiger charge is 2.44. The van der Waals surface area contributed by atoms with Crippen LogP contribution in [0.25, 0.3) is 0 Å². The number of benzene rings is 1. The highest BCUT2D eigenvalue weighted by molar-refractivity contribution is 5.82. The van der Waals surface area contributed by atoms with Crippen LogP contribution in [-0.2, 0) is 4.79 Å². The van der Waals surface area contributed by atoms with Crippen molar-refractivity contribution in [3.05, 3.63) is 23.8 Å². The van der Waals surface area contributed by atoms with Gasteiger partial charge in [-0.1, -0.05) is 12.1 Å². The Labute approximate surface area is 101 Å². The summed E-state index contributed by atoms with van der Waals surface area (Å²) in [4.78, 5) is 11.7. The summed E-state index contributed by atoms with van der Waals surface area (Å²) >= 11 is 0. The van der Waals surface area contributed by atoms with Gasteiger partial charge in [-0.3, -0.25) is 4.79 Å². The number of para-hydroxylation sites is 1. The van der Waals surface area contributed by atoms with Crippen molar-refractivity contribution in [2.45, 2.75) is 37.7 Å². The molecule has 2 unspecified atom stereocenters. The van der Waals surface area contributed by atoms with Crippen molar-refractivity contribution >= 4 is 5.78 Å². The van der Waals surface area contributed by atoms with Gasteiger partial charge in [-0.05, 0) is 25.3 Å². The number of hydrogen-bond acceptors (Lipinski definition) is 3. The Kier molecular flexibility index (Phi) is 2.18. The number of fused-ring (bicyclic) bond motifs is 4. The summed E-state index contributed by atoms with van der Waals surface area (Å²) in [6.07, 6.45) is 2.08. The molecule has 17 heavy (non-hydrogen) atoms. The lowest BCUT2D eigenvalue weighted by atomic mass is 9.73. The van der Waals surface area contributed by atoms with Gasteiger partial charge in [-0.15, -0.1) is 0 Å². The lowest BCUT2D eigenvalue weighted by Gasteiger charge is -2.43. The first-order valence-electron chi connectivity index (χ1n) is 5.99. The van der Waals surface area contributed by atoms with Crippen LogP contribution in [0.1, 0.15) is 37.7 Å². The summed E-state index contributed by atoms with van der Waals surface area (Å²) in [6.45, 7) is 2.02. The van der Waals surface area contributed by atoms with Gasteiger partial charge in [0.25, 0.3) is 0 Å². The van der Waals surface area contributed by atoms with Crippen molar-refractivity contribution in [2.24, 2.45) is 0 Å². The van der Waals surface area contributed by atoms with Gasteiger partial charge in [0, 0.05) is 18.4 Å². The fraction of sp³-hybridized carbons (Fsp3) is 0.500. The van der Waals surface area contributed by atoms with E-state index in [0.29, 0.717) is 24.5 Å². The predicted octanol–water partition coefficient (Wildman–Crippen LogP) is 2.68. The van der Waals surface area contributed by atoms with Crippen molar-refractivity contribution in [3.8, 4) is 11.5 Å². The maximum absolute atomic E-state index is 11.7. The second kappa shape index (κ2) is 3.49. The van der Waals surface area contributed by atoms with E-state index in [4.69, 9.17) is 9.47 Å². The summed E-state index contributed by atoms with van der Waals surface area (Å²) in [5.41, 5.74) is 0.775. The second-order valence-electron chi connectivity index (χ2n) is 5.25. The average molecular weight is 232 g/mol. The number of ketones is 1. The third-order valence-corrected chi connectivity index (χ3v) is 3.74. The van der Waals surface area contributed by atoms with Gasteiger partial charge in [0.2, 0.25) is 0 Å². The SMILES string of the molecule is COc1cccc2c1OC1(C)CC(=O)CC2C1. The Hall–Kier alpha value is -1.51. The molecule has 1 aromatic carbocycles. The zero-order chi connectivity index (χ0) is 12.0. The summed E-state index contributed by atoms with van der Waals surface area (Å²) in [7, 11) is 1.65. The van der Waals surface area contributed by atoms with E-state index < -0.39 is 0 Å². The molecule has 1 heterocycles. The summed E-state index contributed by atoms with van der Waals surface area (Å²) in [5, 5.41) is 0. The fourth-order valence-corrected chi connectivity index (χ4v) is 3.10. The smallest absolute Gasteiger partial charge is 0.165 e. The van der Waals surface area contributed by atoms with Gasteiger partial charge in [-0.2, -0.15) is 0 Å². The lowest BCUT2D eigenvalue weighted by Crippen LogP contribution is -2.44. The van der Waals surface area contributed by atoms with Crippen molar-refractivity contribution in [1.29, 1.82) is 0 Å². The molecule has 1 aliphatic heterocycles. The molecule has 2 aliphatic rings. The third-order valence-electron chi connectivity index (χ3n) is 3.74. The molecule has 0 radical (unpaired) electrons. The van der Waals surface area contributed by atoms with Gasteiger partial charge in [0.05, 0.1) is 7.11 Å². The molecule has 2 atom stereocenters. The minimum absolute atomic E-state index is 0.292. The van der Waals surface area contributed by atoms with Gasteiger partial charge >= 0.3 is 0 Å². The zero-order valence-electron chi connectivity index (χ0n) is 10.2. The Bertz CT molecular complexity index is 480. The first-order chi connectivity index (χ1) is 8.11. The van der Waals surface area contributed by atoms with Crippen molar-refractivity contribution in [1.82, 2.24) is 0 Å². The van der Waals surface area contributed by atoms with Gasteiger partial charge in [0.1, 0.15) is 11.4 Å². The largest absolute Gasteiger partial charge is 0.493 e. The van der Waals surface area contributed by atoms with E-state index in [-0.39, 0.29) is 5.60 Å². The monoisotopic (exact) mass is 232 g/mol. The predicted molar refractivity (Wildman–Crippen MR) is 63.6 cm³/mol. The highest BCUT2D eigenvalue weighted by Crippen LogP contribution is 2.50. The maximum atomic E-state index is 11.7. The van der Waals surface area contributed by atoms with E-state index in [1.54, 1.807) is 7.11 Å². The molecule has 0 amide bonds. The standard InChI is InChI=1S/C14H16O3/c1-14-7-9(6-10(15)8-14)11-4-3-5-12(16-2)13(11)17-14/h3-5,9H,6-8H2,1-2H3. The number of methoxy groups -OCH3 is 1. The van der Waals surface area contributed by atoms with Gasteiger partial charge in [-0.25, -0.2) is 0 Å². The minimum Gasteiger partial charge on any atom is -0.493 e. The van der Waals surface area contributed by atoms with Gasteiger partial charge < -0.3 is 9.47 Å². The van der Waals surface area contributed by atoms with Crippen LogP contribution in [-0.4, -0.2) is 18.5 Å². The van der Waals surface area contributed by atoms with E-state index >= 15 is 0 Å². The topological polar surface area (TPSA) is 35.5 Å². The third kappa shape index (κ3) is 1.61. The van der Waals surface area contributed by atoms with E-state index in [1.165, 1.54) is 0 Å². The lowest BCUT2D eigenvalue weighted by molar-refractivity contribution is -0.127. The van der Waals surface area contributed by atoms with E-state index in [1.807, 2.05) is 25.1 Å². The van der Waals surface area contributed by atoms with E-state index in [0.717, 1.165) is 23.5 Å². The summed E-state index contributed by atoms with van der Waals surface area (Å²) in [6, 6.07) is 5.91. The Morgan fingerprint density at radius 2 is 2.29 bits per heavy atom. The molecule has 90 valence electrons. The van der Waals surface area contributed by atoms with Crippen LogP contribution in [0.3, 0.4) is 0 Å². The normalized spacial score (nSPS) is 30.5. The molecule has 0 spiro atoms. The second-order valence-corrected chi connectivity index (χ2v) is 5.25. The Morgan fingerprint density at radius 1 is 1.47 bits per heavy atom. The maximum Gasteiger partial charge on any atom is 0.165 e. The van der Waals surface area contributed by atoms with Crippen LogP contribution in [0.2, 0.25) is 0 Å². The van der Waals surface area contributed by atoms with Crippen molar-refractivity contribution in [3.63, 3.8) is 0 Å². The molecule has 1 aliphatic carbocycles. The zero-order valence-corrected chi connectivity index (χ0v) is 10.2. The minimum atomic E-state index is -0.346. The van der Waals surface area contributed by atoms with Crippen molar-refractivity contribution in [2.75, 3.05) is 7.11 Å². The van der Waals surface area contributed by atoms with E-state index in [9.17, 15) is 4.79 Å². The molecule has 0 saturated heterocycles. The molecule has 3 rings (SSSR count).